The van der Waals surface area contributed by atoms with E-state index in [1.807, 2.05) is 20.8 Å². The minimum atomic E-state index is -0.999. The Labute approximate surface area is 148 Å². The number of nitrogens with one attached hydrogen (secondary N) is 1. The minimum absolute atomic E-state index is 0.0338. The summed E-state index contributed by atoms with van der Waals surface area (Å²) < 4.78 is 5.01. The van der Waals surface area contributed by atoms with Crippen LogP contribution >= 0.6 is 0 Å². The highest BCUT2D eigenvalue weighted by Gasteiger charge is 2.51. The van der Waals surface area contributed by atoms with Crippen LogP contribution in [0, 0.1) is 17.8 Å². The van der Waals surface area contributed by atoms with E-state index in [2.05, 4.69) is 5.32 Å². The molecule has 0 aromatic heterocycles. The molecule has 1 aliphatic heterocycles. The zero-order valence-electron chi connectivity index (χ0n) is 15.4. The van der Waals surface area contributed by atoms with Gasteiger partial charge in [-0.15, -0.1) is 0 Å². The van der Waals surface area contributed by atoms with Crippen molar-refractivity contribution >= 4 is 23.7 Å². The fourth-order valence-electron chi connectivity index (χ4n) is 3.39. The van der Waals surface area contributed by atoms with Crippen LogP contribution in [0.3, 0.4) is 0 Å². The minimum Gasteiger partial charge on any atom is -0.454 e. The molecule has 0 aromatic rings. The van der Waals surface area contributed by atoms with Crippen LogP contribution in [0.25, 0.3) is 0 Å². The highest BCUT2D eigenvalue weighted by molar-refractivity contribution is 6.07. The number of nitrogens with zero attached hydrogens (tertiary/aromatic N) is 1. The Morgan fingerprint density at radius 2 is 1.60 bits per heavy atom. The van der Waals surface area contributed by atoms with Crippen molar-refractivity contribution in [3.8, 4) is 0 Å². The van der Waals surface area contributed by atoms with E-state index in [4.69, 9.17) is 4.74 Å². The number of ether oxygens (including phenoxy) is 1. The molecular formula is C18H28N2O5. The highest BCUT2D eigenvalue weighted by atomic mass is 16.5. The molecule has 1 heterocycles. The second-order valence-corrected chi connectivity index (χ2v) is 7.43. The molecule has 0 radical (unpaired) electrons. The first kappa shape index (κ1) is 19.4. The number of carbonyl (C=O) groups is 4. The molecule has 25 heavy (non-hydrogen) atoms. The van der Waals surface area contributed by atoms with Crippen molar-refractivity contribution in [3.63, 3.8) is 0 Å². The first-order valence-corrected chi connectivity index (χ1v) is 9.07. The number of likely N-dealkylation sites (tertiary alicyclic amines) is 1. The Balaban J connectivity index is 1.90. The van der Waals surface area contributed by atoms with Gasteiger partial charge in [0.1, 0.15) is 6.04 Å². The summed E-state index contributed by atoms with van der Waals surface area (Å²) in [6.07, 6.45) is 3.26. The van der Waals surface area contributed by atoms with Gasteiger partial charge in [-0.2, -0.15) is 0 Å². The third-order valence-corrected chi connectivity index (χ3v) is 5.34. The zero-order chi connectivity index (χ0) is 18.7. The number of amides is 3. The lowest BCUT2D eigenvalue weighted by atomic mass is 9.81. The lowest BCUT2D eigenvalue weighted by Gasteiger charge is -2.22. The maximum atomic E-state index is 12.5. The quantitative estimate of drug-likeness (QED) is 0.574. The predicted octanol–water partition coefficient (Wildman–Crippen LogP) is 1.25. The molecule has 7 nitrogen and oxygen atoms in total. The molecule has 3 amide bonds. The van der Waals surface area contributed by atoms with Crippen LogP contribution in [0.1, 0.15) is 53.4 Å². The van der Waals surface area contributed by atoms with Gasteiger partial charge < -0.3 is 10.1 Å². The summed E-state index contributed by atoms with van der Waals surface area (Å²) in [5.74, 6) is -2.02. The van der Waals surface area contributed by atoms with Crippen LogP contribution in [-0.4, -0.2) is 47.3 Å². The van der Waals surface area contributed by atoms with Crippen molar-refractivity contribution < 1.29 is 23.9 Å². The van der Waals surface area contributed by atoms with E-state index in [-0.39, 0.29) is 35.6 Å². The van der Waals surface area contributed by atoms with Gasteiger partial charge >= 0.3 is 5.97 Å². The molecule has 4 atom stereocenters. The van der Waals surface area contributed by atoms with Gasteiger partial charge in [-0.25, -0.2) is 4.79 Å². The molecule has 2 aliphatic rings. The SMILES string of the molecule is CC(C)C(C)NC(=O)COC(=O)C(C)N1C(=O)C2CCCCC2C1=O. The van der Waals surface area contributed by atoms with Gasteiger partial charge in [0.2, 0.25) is 11.8 Å². The Kier molecular flexibility index (Phi) is 6.19. The standard InChI is InChI=1S/C18H28N2O5/c1-10(2)11(3)19-15(21)9-25-18(24)12(4)20-16(22)13-7-5-6-8-14(13)17(20)23/h10-14H,5-9H2,1-4H3,(H,19,21). The fourth-order valence-corrected chi connectivity index (χ4v) is 3.39. The van der Waals surface area contributed by atoms with Crippen molar-refractivity contribution in [1.82, 2.24) is 10.2 Å². The molecule has 0 spiro atoms. The molecule has 140 valence electrons. The van der Waals surface area contributed by atoms with E-state index in [1.165, 1.54) is 6.92 Å². The van der Waals surface area contributed by atoms with E-state index in [0.717, 1.165) is 17.7 Å². The van der Waals surface area contributed by atoms with Gasteiger partial charge in [-0.1, -0.05) is 26.7 Å². The zero-order valence-corrected chi connectivity index (χ0v) is 15.4. The van der Waals surface area contributed by atoms with Crippen LogP contribution in [0.5, 0.6) is 0 Å². The summed E-state index contributed by atoms with van der Waals surface area (Å²) in [6, 6.07) is -1.03. The molecule has 7 heteroatoms. The summed E-state index contributed by atoms with van der Waals surface area (Å²) in [5.41, 5.74) is 0. The summed E-state index contributed by atoms with van der Waals surface area (Å²) in [5, 5.41) is 2.74. The second kappa shape index (κ2) is 7.97. The molecule has 1 saturated carbocycles. The first-order valence-electron chi connectivity index (χ1n) is 9.07. The monoisotopic (exact) mass is 352 g/mol. The van der Waals surface area contributed by atoms with Crippen molar-refractivity contribution in [2.75, 3.05) is 6.61 Å². The second-order valence-electron chi connectivity index (χ2n) is 7.43. The normalized spacial score (nSPS) is 25.6. The van der Waals surface area contributed by atoms with E-state index >= 15 is 0 Å². The summed E-state index contributed by atoms with van der Waals surface area (Å²) in [6.45, 7) is 6.88. The number of fused-ring (bicyclic) bond motifs is 1. The van der Waals surface area contributed by atoms with Crippen molar-refractivity contribution in [2.24, 2.45) is 17.8 Å². The van der Waals surface area contributed by atoms with Crippen LogP contribution < -0.4 is 5.32 Å². The van der Waals surface area contributed by atoms with Crippen LogP contribution in [-0.2, 0) is 23.9 Å². The molecule has 1 N–H and O–H groups in total. The smallest absolute Gasteiger partial charge is 0.329 e. The first-order chi connectivity index (χ1) is 11.7. The average molecular weight is 352 g/mol. The Hall–Kier alpha value is -1.92. The van der Waals surface area contributed by atoms with E-state index < -0.39 is 24.5 Å². The highest BCUT2D eigenvalue weighted by Crippen LogP contribution is 2.38. The number of hydrogen-bond donors (Lipinski definition) is 1. The topological polar surface area (TPSA) is 92.8 Å². The van der Waals surface area contributed by atoms with E-state index in [0.29, 0.717) is 12.8 Å². The third kappa shape index (κ3) is 4.19. The third-order valence-electron chi connectivity index (χ3n) is 5.34. The molecule has 2 fully saturated rings. The van der Waals surface area contributed by atoms with E-state index in [1.54, 1.807) is 0 Å². The van der Waals surface area contributed by atoms with Gasteiger partial charge in [-0.05, 0) is 32.6 Å². The number of esters is 1. The van der Waals surface area contributed by atoms with Crippen molar-refractivity contribution in [3.05, 3.63) is 0 Å². The summed E-state index contributed by atoms with van der Waals surface area (Å²) in [4.78, 5) is 50.0. The number of carbonyl (C=O) groups excluding carboxylic acids is 4. The number of hydrogen-bond acceptors (Lipinski definition) is 5. The molecule has 4 unspecified atom stereocenters. The lowest BCUT2D eigenvalue weighted by Crippen LogP contribution is -2.45. The Morgan fingerprint density at radius 3 is 2.08 bits per heavy atom. The van der Waals surface area contributed by atoms with Gasteiger partial charge in [0.05, 0.1) is 11.8 Å². The van der Waals surface area contributed by atoms with Crippen molar-refractivity contribution in [1.29, 1.82) is 0 Å². The molecule has 0 bridgehead atoms. The molecule has 1 aliphatic carbocycles. The predicted molar refractivity (Wildman–Crippen MR) is 90.2 cm³/mol. The summed E-state index contributed by atoms with van der Waals surface area (Å²) in [7, 11) is 0. The van der Waals surface area contributed by atoms with Crippen LogP contribution in [0.4, 0.5) is 0 Å². The lowest BCUT2D eigenvalue weighted by molar-refractivity contribution is -0.159. The molecule has 1 saturated heterocycles. The maximum absolute atomic E-state index is 12.5. The van der Waals surface area contributed by atoms with Crippen LogP contribution in [0.15, 0.2) is 0 Å². The summed E-state index contributed by atoms with van der Waals surface area (Å²) >= 11 is 0. The van der Waals surface area contributed by atoms with Gasteiger partial charge in [0.25, 0.3) is 5.91 Å². The Bertz CT molecular complexity index is 536. The average Bonchev–Trinajstić information content (AvgIpc) is 2.83. The maximum Gasteiger partial charge on any atom is 0.329 e. The number of imide groups is 1. The number of rotatable bonds is 6. The molecule has 0 aromatic carbocycles. The largest absolute Gasteiger partial charge is 0.454 e. The van der Waals surface area contributed by atoms with Gasteiger partial charge in [0, 0.05) is 6.04 Å². The van der Waals surface area contributed by atoms with Gasteiger partial charge in [-0.3, -0.25) is 19.3 Å². The van der Waals surface area contributed by atoms with Gasteiger partial charge in [0.15, 0.2) is 6.61 Å². The Morgan fingerprint density at radius 1 is 1.08 bits per heavy atom. The van der Waals surface area contributed by atoms with Crippen LogP contribution in [0.2, 0.25) is 0 Å². The fraction of sp³-hybridized carbons (Fsp3) is 0.778. The molecular weight excluding hydrogens is 324 g/mol. The van der Waals surface area contributed by atoms with E-state index in [9.17, 15) is 19.2 Å². The molecule has 2 rings (SSSR count). The van der Waals surface area contributed by atoms with Crippen molar-refractivity contribution in [2.45, 2.75) is 65.5 Å².